The highest BCUT2D eigenvalue weighted by molar-refractivity contribution is 6.30. The van der Waals surface area contributed by atoms with E-state index in [0.717, 1.165) is 4.90 Å². The van der Waals surface area contributed by atoms with Crippen LogP contribution in [0.4, 0.5) is 0 Å². The lowest BCUT2D eigenvalue weighted by molar-refractivity contribution is -0.894. The molecule has 16 nitrogen and oxygen atoms in total. The predicted molar refractivity (Wildman–Crippen MR) is 198 cm³/mol. The Morgan fingerprint density at radius 1 is 0.897 bits per heavy atom. The Labute approximate surface area is 335 Å². The lowest BCUT2D eigenvalue weighted by atomic mass is 9.67. The van der Waals surface area contributed by atoms with E-state index in [2.05, 4.69) is 0 Å². The van der Waals surface area contributed by atoms with Crippen LogP contribution >= 0.6 is 0 Å². The molecule has 2 aliphatic carbocycles. The van der Waals surface area contributed by atoms with Crippen molar-refractivity contribution in [3.05, 3.63) is 57.6 Å². The summed E-state index contributed by atoms with van der Waals surface area (Å²) in [6.45, 7) is 7.15. The van der Waals surface area contributed by atoms with Crippen molar-refractivity contribution >= 4 is 23.3 Å². The number of phenols is 2. The molecule has 0 aromatic heterocycles. The maximum atomic E-state index is 13.9. The molecule has 0 amide bonds. The number of methoxy groups -OCH3 is 1. The van der Waals surface area contributed by atoms with E-state index in [-0.39, 0.29) is 64.5 Å². The molecule has 0 spiro atoms. The van der Waals surface area contributed by atoms with Crippen molar-refractivity contribution in [2.24, 2.45) is 0 Å². The monoisotopic (exact) mass is 810 g/mol. The van der Waals surface area contributed by atoms with Gasteiger partial charge < -0.3 is 58.1 Å². The van der Waals surface area contributed by atoms with Crippen LogP contribution in [0.5, 0.6) is 11.5 Å². The molecule has 4 N–H and O–H groups in total. The third-order valence-electron chi connectivity index (χ3n) is 12.9. The molecule has 4 heterocycles. The fourth-order valence-corrected chi connectivity index (χ4v) is 9.80. The molecule has 0 saturated carbocycles. The van der Waals surface area contributed by atoms with Crippen LogP contribution in [0.25, 0.3) is 0 Å². The number of likely N-dealkylation sites (N-methyl/N-ethyl adjacent to an activating group) is 1. The fourth-order valence-electron chi connectivity index (χ4n) is 9.80. The van der Waals surface area contributed by atoms with Gasteiger partial charge in [-0.1, -0.05) is 19.1 Å². The van der Waals surface area contributed by atoms with Gasteiger partial charge in [0.25, 0.3) is 0 Å². The van der Waals surface area contributed by atoms with Crippen molar-refractivity contribution < 1.29 is 77.3 Å². The number of rotatable bonds is 7. The van der Waals surface area contributed by atoms with E-state index >= 15 is 0 Å². The molecule has 314 valence electrons. The lowest BCUT2D eigenvalue weighted by Crippen LogP contribution is -3.12. The third-order valence-corrected chi connectivity index (χ3v) is 12.9. The first-order valence-electron chi connectivity index (χ1n) is 20.1. The summed E-state index contributed by atoms with van der Waals surface area (Å²) in [7, 11) is 5.15. The van der Waals surface area contributed by atoms with E-state index < -0.39 is 108 Å². The molecule has 4 fully saturated rings. The molecular weight excluding hydrogens is 758 g/mol. The first kappa shape index (κ1) is 40.9. The smallest absolute Gasteiger partial charge is 0.316 e. The van der Waals surface area contributed by atoms with Crippen molar-refractivity contribution in [2.75, 3.05) is 21.2 Å². The number of benzene rings is 2. The summed E-state index contributed by atoms with van der Waals surface area (Å²) in [5.41, 5.74) is -2.39. The molecule has 14 atom stereocenters. The van der Waals surface area contributed by atoms with Crippen LogP contribution in [0.2, 0.25) is 0 Å². The molecule has 4 saturated heterocycles. The number of hydrogen-bond donors (Lipinski definition) is 4. The molecule has 0 bridgehead atoms. The number of hydrogen-bond acceptors (Lipinski definition) is 15. The molecule has 58 heavy (non-hydrogen) atoms. The number of phenolic OH excluding ortho intramolecular Hbond substituents is 2. The van der Waals surface area contributed by atoms with Crippen molar-refractivity contribution in [2.45, 2.75) is 145 Å². The SMILES string of the molecule is CC[C@@]1(O)C[C@H](O[C@H]2C[C@H]([NH+](C)C)[C@H](O[C@H]3C[C@@H]4O[C@H]5CC(=O)[C@H](C)O[C@H]5O[C@@H]4[C@H](C)O3)[C@H](C)O2)c2c(cc3c(c2O)C(=O)c2c(O)cccc2C3=O)[C@H]1C(=O)OC. The minimum absolute atomic E-state index is 0.0402. The molecule has 4 aliphatic heterocycles. The van der Waals surface area contributed by atoms with Gasteiger partial charge in [0.2, 0.25) is 5.78 Å². The zero-order chi connectivity index (χ0) is 41.5. The van der Waals surface area contributed by atoms with Gasteiger partial charge in [0, 0.05) is 36.0 Å². The van der Waals surface area contributed by atoms with Crippen molar-refractivity contribution in [3.63, 3.8) is 0 Å². The summed E-state index contributed by atoms with van der Waals surface area (Å²) in [5, 5.41) is 34.8. The first-order valence-corrected chi connectivity index (χ1v) is 20.1. The molecular formula is C42H52NO15+. The van der Waals surface area contributed by atoms with Gasteiger partial charge in [0.15, 0.2) is 30.4 Å². The van der Waals surface area contributed by atoms with E-state index in [1.807, 2.05) is 27.9 Å². The minimum Gasteiger partial charge on any atom is -0.507 e. The summed E-state index contributed by atoms with van der Waals surface area (Å²) in [5.74, 6) is -4.56. The first-order chi connectivity index (χ1) is 27.5. The number of fused-ring (bicyclic) bond motifs is 5. The largest absolute Gasteiger partial charge is 0.507 e. The predicted octanol–water partition coefficient (Wildman–Crippen LogP) is 1.76. The molecule has 0 radical (unpaired) electrons. The number of carbonyl (C=O) groups excluding carboxylic acids is 4. The van der Waals surface area contributed by atoms with Crippen molar-refractivity contribution in [3.8, 4) is 11.5 Å². The van der Waals surface area contributed by atoms with Gasteiger partial charge in [-0.3, -0.25) is 19.2 Å². The van der Waals surface area contributed by atoms with E-state index in [4.69, 9.17) is 37.9 Å². The highest BCUT2D eigenvalue weighted by Crippen LogP contribution is 2.54. The number of Topliss-reactive ketones (excluding diaryl/α,β-unsaturated/α-hetero) is 1. The van der Waals surface area contributed by atoms with Gasteiger partial charge in [-0.05, 0) is 44.9 Å². The van der Waals surface area contributed by atoms with Crippen LogP contribution in [0.3, 0.4) is 0 Å². The molecule has 8 rings (SSSR count). The van der Waals surface area contributed by atoms with Crippen LogP contribution in [0, 0.1) is 0 Å². The average molecular weight is 811 g/mol. The average Bonchev–Trinajstić information content (AvgIpc) is 3.17. The quantitative estimate of drug-likeness (QED) is 0.251. The standard InChI is InChI=1S/C42H51NO15/c1-8-42(50)16-28(32-21(34(42)40(49)51-7)12-22-33(37(32)48)36(47)31-20(35(22)46)10-9-11-24(31)44)56-29-13-23(43(5)6)38(18(3)52-29)57-30-15-26-39(19(4)53-30)58-41-27(55-26)14-25(45)17(2)54-41/h9-12,17-19,23,26-30,34,38-39,41,44,48,50H,8,13-16H2,1-7H3/p+1/t17-,18-,19-,23-,26-,27-,28-,29-,30-,34-,38+,39+,41-,42+/m0/s1. The lowest BCUT2D eigenvalue weighted by Gasteiger charge is -2.50. The summed E-state index contributed by atoms with van der Waals surface area (Å²) in [6, 6.07) is 5.27. The zero-order valence-electron chi connectivity index (χ0n) is 33.6. The third kappa shape index (κ3) is 6.76. The number of ether oxygens (including phenoxy) is 8. The number of ketones is 3. The highest BCUT2D eigenvalue weighted by atomic mass is 16.8. The normalized spacial score (nSPS) is 38.3. The zero-order valence-corrected chi connectivity index (χ0v) is 33.6. The Kier molecular flexibility index (Phi) is 10.8. The van der Waals surface area contributed by atoms with Gasteiger partial charge in [0.1, 0.15) is 47.9 Å². The Morgan fingerprint density at radius 2 is 1.62 bits per heavy atom. The number of quaternary nitrogens is 1. The van der Waals surface area contributed by atoms with Crippen LogP contribution in [0.15, 0.2) is 24.3 Å². The number of aromatic hydroxyl groups is 2. The van der Waals surface area contributed by atoms with Crippen LogP contribution < -0.4 is 4.90 Å². The second-order valence-corrected chi connectivity index (χ2v) is 16.7. The Hall–Kier alpha value is -3.84. The Morgan fingerprint density at radius 3 is 2.33 bits per heavy atom. The second kappa shape index (κ2) is 15.3. The molecule has 2 aromatic carbocycles. The van der Waals surface area contributed by atoms with Gasteiger partial charge in [0.05, 0.1) is 68.8 Å². The van der Waals surface area contributed by atoms with E-state index in [1.54, 1.807) is 13.8 Å². The van der Waals surface area contributed by atoms with E-state index in [0.29, 0.717) is 12.8 Å². The number of carbonyl (C=O) groups is 4. The van der Waals surface area contributed by atoms with Gasteiger partial charge in [-0.15, -0.1) is 0 Å². The summed E-state index contributed by atoms with van der Waals surface area (Å²) in [4.78, 5) is 54.6. The highest BCUT2D eigenvalue weighted by Gasteiger charge is 2.55. The number of esters is 1. The number of aliphatic hydroxyl groups is 1. The van der Waals surface area contributed by atoms with Crippen LogP contribution in [0.1, 0.15) is 115 Å². The van der Waals surface area contributed by atoms with Crippen molar-refractivity contribution in [1.29, 1.82) is 0 Å². The van der Waals surface area contributed by atoms with Crippen LogP contribution in [-0.4, -0.2) is 133 Å². The van der Waals surface area contributed by atoms with E-state index in [9.17, 15) is 34.5 Å². The number of nitrogens with one attached hydrogen (secondary N) is 1. The topological polar surface area (TPSA) is 207 Å². The fraction of sp³-hybridized carbons (Fsp3) is 0.619. The maximum Gasteiger partial charge on any atom is 0.316 e. The van der Waals surface area contributed by atoms with Gasteiger partial charge in [-0.25, -0.2) is 0 Å². The Balaban J connectivity index is 1.06. The molecule has 0 unspecified atom stereocenters. The summed E-state index contributed by atoms with van der Waals surface area (Å²) in [6.07, 6.45) is -5.94. The van der Waals surface area contributed by atoms with E-state index in [1.165, 1.54) is 31.4 Å². The summed E-state index contributed by atoms with van der Waals surface area (Å²) < 4.78 is 49.7. The summed E-state index contributed by atoms with van der Waals surface area (Å²) >= 11 is 0. The maximum absolute atomic E-state index is 13.9. The molecule has 2 aromatic rings. The molecule has 16 heteroatoms. The van der Waals surface area contributed by atoms with Gasteiger partial charge >= 0.3 is 5.97 Å². The molecule has 6 aliphatic rings. The van der Waals surface area contributed by atoms with Crippen molar-refractivity contribution in [1.82, 2.24) is 0 Å². The Bertz CT molecular complexity index is 2000. The van der Waals surface area contributed by atoms with Gasteiger partial charge in [-0.2, -0.15) is 0 Å². The second-order valence-electron chi connectivity index (χ2n) is 16.7. The van der Waals surface area contributed by atoms with Crippen LogP contribution in [-0.2, 0) is 47.5 Å². The minimum atomic E-state index is -1.74.